The fraction of sp³-hybridized carbons (Fsp3) is 0.300. The second kappa shape index (κ2) is 4.40. The highest BCUT2D eigenvalue weighted by atomic mass is 35.5. The van der Waals surface area contributed by atoms with Gasteiger partial charge in [0, 0.05) is 11.8 Å². The largest absolute Gasteiger partial charge is 0.489 e. The predicted octanol–water partition coefficient (Wildman–Crippen LogP) is 2.41. The molecule has 15 heavy (non-hydrogen) atoms. The van der Waals surface area contributed by atoms with E-state index in [9.17, 15) is 4.79 Å². The van der Waals surface area contributed by atoms with Gasteiger partial charge >= 0.3 is 5.97 Å². The Balaban J connectivity index is 3.13. The van der Waals surface area contributed by atoms with Gasteiger partial charge < -0.3 is 15.6 Å². The molecular weight excluding hydrogens is 218 g/mol. The molecule has 0 saturated heterocycles. The maximum absolute atomic E-state index is 10.7. The highest BCUT2D eigenvalue weighted by molar-refractivity contribution is 6.32. The molecule has 0 aromatic heterocycles. The van der Waals surface area contributed by atoms with Crippen LogP contribution < -0.4 is 10.5 Å². The Labute approximate surface area is 92.6 Å². The molecule has 0 heterocycles. The molecule has 1 rings (SSSR count). The summed E-state index contributed by atoms with van der Waals surface area (Å²) in [5, 5.41) is 9.03. The maximum atomic E-state index is 10.7. The topological polar surface area (TPSA) is 72.5 Å². The van der Waals surface area contributed by atoms with Crippen LogP contribution in [0.15, 0.2) is 12.1 Å². The number of aromatic carboxylic acids is 1. The molecule has 3 N–H and O–H groups in total. The van der Waals surface area contributed by atoms with Gasteiger partial charge in [-0.3, -0.25) is 0 Å². The minimum atomic E-state index is -1.11. The van der Waals surface area contributed by atoms with Gasteiger partial charge in [-0.15, -0.1) is 0 Å². The van der Waals surface area contributed by atoms with E-state index < -0.39 is 5.97 Å². The standard InChI is InChI=1S/C10H12ClNO3/c1-5(2)15-9-4-8(12)6(10(13)14)3-7(9)11/h3-5H,12H2,1-2H3,(H,13,14). The SMILES string of the molecule is CC(C)Oc1cc(N)c(C(=O)O)cc1Cl. The summed E-state index contributed by atoms with van der Waals surface area (Å²) in [6, 6.07) is 2.71. The molecule has 1 aromatic carbocycles. The maximum Gasteiger partial charge on any atom is 0.337 e. The molecule has 1 aromatic rings. The fourth-order valence-electron chi connectivity index (χ4n) is 1.10. The first-order valence-corrected chi connectivity index (χ1v) is 4.78. The fourth-order valence-corrected chi connectivity index (χ4v) is 1.31. The van der Waals surface area contributed by atoms with Gasteiger partial charge in [-0.2, -0.15) is 0 Å². The van der Waals surface area contributed by atoms with E-state index in [4.69, 9.17) is 27.2 Å². The number of hydrogen-bond acceptors (Lipinski definition) is 3. The van der Waals surface area contributed by atoms with Crippen molar-refractivity contribution in [3.8, 4) is 5.75 Å². The van der Waals surface area contributed by atoms with Gasteiger partial charge in [0.1, 0.15) is 5.75 Å². The first-order valence-electron chi connectivity index (χ1n) is 4.40. The van der Waals surface area contributed by atoms with Crippen molar-refractivity contribution in [3.05, 3.63) is 22.7 Å². The highest BCUT2D eigenvalue weighted by Crippen LogP contribution is 2.30. The summed E-state index contributed by atoms with van der Waals surface area (Å²) in [5.41, 5.74) is 5.67. The molecule has 0 aliphatic carbocycles. The predicted molar refractivity (Wildman–Crippen MR) is 58.6 cm³/mol. The number of rotatable bonds is 3. The molecule has 4 nitrogen and oxygen atoms in total. The third kappa shape index (κ3) is 2.76. The van der Waals surface area contributed by atoms with Crippen molar-refractivity contribution in [1.29, 1.82) is 0 Å². The molecule has 0 spiro atoms. The summed E-state index contributed by atoms with van der Waals surface area (Å²) in [5.74, 6) is -0.709. The van der Waals surface area contributed by atoms with Gasteiger partial charge in [0.15, 0.2) is 0 Å². The van der Waals surface area contributed by atoms with Gasteiger partial charge in [-0.25, -0.2) is 4.79 Å². The second-order valence-electron chi connectivity index (χ2n) is 3.34. The van der Waals surface area contributed by atoms with Gasteiger partial charge in [-0.05, 0) is 19.9 Å². The molecule has 0 aliphatic rings. The molecule has 0 aliphatic heterocycles. The zero-order chi connectivity index (χ0) is 11.6. The Morgan fingerprint density at radius 2 is 2.13 bits per heavy atom. The molecule has 0 radical (unpaired) electrons. The molecule has 0 unspecified atom stereocenters. The Morgan fingerprint density at radius 1 is 1.53 bits per heavy atom. The van der Waals surface area contributed by atoms with E-state index in [1.165, 1.54) is 12.1 Å². The second-order valence-corrected chi connectivity index (χ2v) is 3.75. The van der Waals surface area contributed by atoms with E-state index in [1.54, 1.807) is 0 Å². The first kappa shape index (κ1) is 11.7. The lowest BCUT2D eigenvalue weighted by molar-refractivity contribution is 0.0698. The van der Waals surface area contributed by atoms with Crippen LogP contribution in [0.2, 0.25) is 5.02 Å². The molecule has 0 saturated carbocycles. The van der Waals surface area contributed by atoms with Crippen molar-refractivity contribution in [2.24, 2.45) is 0 Å². The molecule has 0 fully saturated rings. The number of hydrogen-bond donors (Lipinski definition) is 2. The smallest absolute Gasteiger partial charge is 0.337 e. The molecule has 0 amide bonds. The number of nitrogen functional groups attached to an aromatic ring is 1. The van der Waals surface area contributed by atoms with Crippen molar-refractivity contribution >= 4 is 23.3 Å². The lowest BCUT2D eigenvalue weighted by atomic mass is 10.1. The van der Waals surface area contributed by atoms with E-state index in [2.05, 4.69) is 0 Å². The van der Waals surface area contributed by atoms with E-state index in [0.717, 1.165) is 0 Å². The van der Waals surface area contributed by atoms with Crippen molar-refractivity contribution < 1.29 is 14.6 Å². The minimum absolute atomic E-state index is 0.0175. The van der Waals surface area contributed by atoms with Crippen LogP contribution in [-0.4, -0.2) is 17.2 Å². The van der Waals surface area contributed by atoms with Crippen molar-refractivity contribution in [2.75, 3.05) is 5.73 Å². The summed E-state index contributed by atoms with van der Waals surface area (Å²) in [4.78, 5) is 10.7. The first-order chi connectivity index (χ1) is 6.91. The number of nitrogens with two attached hydrogens (primary N) is 1. The molecule has 0 bridgehead atoms. The number of carbonyl (C=O) groups is 1. The summed E-state index contributed by atoms with van der Waals surface area (Å²) in [7, 11) is 0. The molecule has 82 valence electrons. The van der Waals surface area contributed by atoms with E-state index in [-0.39, 0.29) is 22.4 Å². The Hall–Kier alpha value is -1.42. The molecule has 5 heteroatoms. The number of benzene rings is 1. The monoisotopic (exact) mass is 229 g/mol. The Bertz CT molecular complexity index is 390. The normalized spacial score (nSPS) is 10.4. The highest BCUT2D eigenvalue weighted by Gasteiger charge is 2.13. The van der Waals surface area contributed by atoms with Crippen LogP contribution in [0.1, 0.15) is 24.2 Å². The van der Waals surface area contributed by atoms with Crippen LogP contribution in [0, 0.1) is 0 Å². The zero-order valence-corrected chi connectivity index (χ0v) is 9.21. The van der Waals surface area contributed by atoms with Gasteiger partial charge in [0.2, 0.25) is 0 Å². The van der Waals surface area contributed by atoms with Crippen LogP contribution in [0.4, 0.5) is 5.69 Å². The lowest BCUT2D eigenvalue weighted by Crippen LogP contribution is -2.08. The average molecular weight is 230 g/mol. The minimum Gasteiger partial charge on any atom is -0.489 e. The van der Waals surface area contributed by atoms with Crippen LogP contribution in [0.5, 0.6) is 5.75 Å². The molecular formula is C10H12ClNO3. The van der Waals surface area contributed by atoms with Crippen LogP contribution in [0.25, 0.3) is 0 Å². The number of ether oxygens (including phenoxy) is 1. The Kier molecular flexibility index (Phi) is 3.42. The quantitative estimate of drug-likeness (QED) is 0.781. The summed E-state index contributed by atoms with van der Waals surface area (Å²) >= 11 is 5.85. The number of halogens is 1. The van der Waals surface area contributed by atoms with Crippen molar-refractivity contribution in [1.82, 2.24) is 0 Å². The van der Waals surface area contributed by atoms with Gasteiger partial charge in [0.05, 0.1) is 16.7 Å². The third-order valence-corrected chi connectivity index (χ3v) is 1.99. The van der Waals surface area contributed by atoms with Gasteiger partial charge in [0.25, 0.3) is 0 Å². The van der Waals surface area contributed by atoms with Gasteiger partial charge in [-0.1, -0.05) is 11.6 Å². The lowest BCUT2D eigenvalue weighted by Gasteiger charge is -2.12. The number of carboxylic acid groups (broad SMARTS) is 1. The van der Waals surface area contributed by atoms with E-state index in [1.807, 2.05) is 13.8 Å². The van der Waals surface area contributed by atoms with Crippen LogP contribution >= 0.6 is 11.6 Å². The summed E-state index contributed by atoms with van der Waals surface area (Å²) in [6.45, 7) is 3.69. The number of anilines is 1. The van der Waals surface area contributed by atoms with Crippen LogP contribution in [-0.2, 0) is 0 Å². The summed E-state index contributed by atoms with van der Waals surface area (Å²) in [6.07, 6.45) is -0.0439. The Morgan fingerprint density at radius 3 is 2.60 bits per heavy atom. The third-order valence-electron chi connectivity index (χ3n) is 1.70. The van der Waals surface area contributed by atoms with Crippen molar-refractivity contribution in [2.45, 2.75) is 20.0 Å². The summed E-state index contributed by atoms with van der Waals surface area (Å²) < 4.78 is 5.36. The van der Waals surface area contributed by atoms with Crippen molar-refractivity contribution in [3.63, 3.8) is 0 Å². The van der Waals surface area contributed by atoms with Crippen LogP contribution in [0.3, 0.4) is 0 Å². The zero-order valence-electron chi connectivity index (χ0n) is 8.45. The average Bonchev–Trinajstić information content (AvgIpc) is 2.09. The number of carboxylic acids is 1. The molecule has 0 atom stereocenters. The van der Waals surface area contributed by atoms with E-state index in [0.29, 0.717) is 5.75 Å². The van der Waals surface area contributed by atoms with E-state index >= 15 is 0 Å².